The van der Waals surface area contributed by atoms with Crippen LogP contribution in [-0.4, -0.2) is 15.8 Å². The Morgan fingerprint density at radius 1 is 1.35 bits per heavy atom. The number of nitrogens with one attached hydrogen (secondary N) is 1. The van der Waals surface area contributed by atoms with E-state index < -0.39 is 10.8 Å². The Bertz CT molecular complexity index is 643. The van der Waals surface area contributed by atoms with E-state index in [4.69, 9.17) is 5.73 Å². The number of carbonyl (C=O) groups excluding carboxylic acids is 1. The third kappa shape index (κ3) is 2.89. The molecule has 1 heterocycles. The number of amides is 1. The van der Waals surface area contributed by atoms with E-state index in [0.717, 1.165) is 5.56 Å². The van der Waals surface area contributed by atoms with Gasteiger partial charge >= 0.3 is 5.69 Å². The number of carbonyl (C=O) groups is 1. The normalized spacial score (nSPS) is 10.0. The minimum Gasteiger partial charge on any atom is -0.393 e. The standard InChI is InChI=1S/C13H12N4O3/c14-11-5-1-4-10(12(11)17(19)20)13(18)16-8-9-3-2-6-15-7-9/h1-7H,8,14H2,(H,16,18). The summed E-state index contributed by atoms with van der Waals surface area (Å²) in [5, 5.41) is 13.6. The largest absolute Gasteiger partial charge is 0.393 e. The maximum absolute atomic E-state index is 12.0. The quantitative estimate of drug-likeness (QED) is 0.497. The molecule has 0 unspecified atom stereocenters. The highest BCUT2D eigenvalue weighted by Gasteiger charge is 2.22. The number of nitro groups is 1. The number of rotatable bonds is 4. The molecule has 0 saturated heterocycles. The Morgan fingerprint density at radius 2 is 2.15 bits per heavy atom. The number of benzene rings is 1. The molecule has 1 aromatic carbocycles. The van der Waals surface area contributed by atoms with Crippen LogP contribution in [-0.2, 0) is 6.54 Å². The number of hydrogen-bond acceptors (Lipinski definition) is 5. The summed E-state index contributed by atoms with van der Waals surface area (Å²) in [4.78, 5) is 26.2. The highest BCUT2D eigenvalue weighted by atomic mass is 16.6. The Hall–Kier alpha value is -2.96. The van der Waals surface area contributed by atoms with Crippen LogP contribution in [0, 0.1) is 10.1 Å². The number of pyridine rings is 1. The molecule has 0 fully saturated rings. The summed E-state index contributed by atoms with van der Waals surface area (Å²) in [6, 6.07) is 7.79. The average Bonchev–Trinajstić information content (AvgIpc) is 2.45. The maximum atomic E-state index is 12.0. The van der Waals surface area contributed by atoms with Crippen molar-refractivity contribution in [3.05, 3.63) is 64.0 Å². The summed E-state index contributed by atoms with van der Waals surface area (Å²) < 4.78 is 0. The predicted molar refractivity (Wildman–Crippen MR) is 72.9 cm³/mol. The first-order chi connectivity index (χ1) is 9.59. The molecule has 3 N–H and O–H groups in total. The summed E-state index contributed by atoms with van der Waals surface area (Å²) in [7, 11) is 0. The van der Waals surface area contributed by atoms with Gasteiger partial charge in [0.15, 0.2) is 0 Å². The molecule has 0 saturated carbocycles. The molecule has 0 aliphatic carbocycles. The first-order valence-electron chi connectivity index (χ1n) is 5.79. The first-order valence-corrected chi connectivity index (χ1v) is 5.79. The Morgan fingerprint density at radius 3 is 2.80 bits per heavy atom. The van der Waals surface area contributed by atoms with Crippen LogP contribution in [0.5, 0.6) is 0 Å². The Labute approximate surface area is 114 Å². The van der Waals surface area contributed by atoms with Gasteiger partial charge in [-0.15, -0.1) is 0 Å². The van der Waals surface area contributed by atoms with Gasteiger partial charge in [0, 0.05) is 18.9 Å². The fourth-order valence-electron chi connectivity index (χ4n) is 1.73. The van der Waals surface area contributed by atoms with Gasteiger partial charge in [-0.2, -0.15) is 0 Å². The smallest absolute Gasteiger partial charge is 0.304 e. The van der Waals surface area contributed by atoms with Crippen LogP contribution in [0.2, 0.25) is 0 Å². The third-order valence-electron chi connectivity index (χ3n) is 2.67. The third-order valence-corrected chi connectivity index (χ3v) is 2.67. The number of anilines is 1. The monoisotopic (exact) mass is 272 g/mol. The van der Waals surface area contributed by atoms with Crippen LogP contribution in [0.1, 0.15) is 15.9 Å². The van der Waals surface area contributed by atoms with Crippen molar-refractivity contribution in [2.24, 2.45) is 0 Å². The number of nitrogen functional groups attached to an aromatic ring is 1. The number of nitrogens with zero attached hydrogens (tertiary/aromatic N) is 2. The zero-order valence-corrected chi connectivity index (χ0v) is 10.4. The van der Waals surface area contributed by atoms with Crippen molar-refractivity contribution in [1.82, 2.24) is 10.3 Å². The second kappa shape index (κ2) is 5.79. The van der Waals surface area contributed by atoms with Crippen molar-refractivity contribution in [3.8, 4) is 0 Å². The van der Waals surface area contributed by atoms with Crippen molar-refractivity contribution >= 4 is 17.3 Å². The van der Waals surface area contributed by atoms with E-state index in [9.17, 15) is 14.9 Å². The molecule has 7 heteroatoms. The van der Waals surface area contributed by atoms with Crippen molar-refractivity contribution in [1.29, 1.82) is 0 Å². The van der Waals surface area contributed by atoms with Crippen molar-refractivity contribution in [2.45, 2.75) is 6.54 Å². The predicted octanol–water partition coefficient (Wildman–Crippen LogP) is 1.50. The van der Waals surface area contributed by atoms with Gasteiger partial charge in [0.2, 0.25) is 0 Å². The molecule has 0 aliphatic rings. The zero-order chi connectivity index (χ0) is 14.5. The molecule has 102 valence electrons. The van der Waals surface area contributed by atoms with Gasteiger partial charge in [-0.05, 0) is 23.8 Å². The minimum atomic E-state index is -0.658. The van der Waals surface area contributed by atoms with Gasteiger partial charge in [-0.3, -0.25) is 19.9 Å². The summed E-state index contributed by atoms with van der Waals surface area (Å²) in [6.07, 6.45) is 3.22. The van der Waals surface area contributed by atoms with E-state index in [2.05, 4.69) is 10.3 Å². The minimum absolute atomic E-state index is 0.0379. The highest BCUT2D eigenvalue weighted by molar-refractivity contribution is 6.00. The van der Waals surface area contributed by atoms with Crippen molar-refractivity contribution < 1.29 is 9.72 Å². The molecule has 0 spiro atoms. The summed E-state index contributed by atoms with van der Waals surface area (Å²) in [5.74, 6) is -0.548. The molecule has 0 radical (unpaired) electrons. The molecule has 0 atom stereocenters. The number of aromatic nitrogens is 1. The molecule has 1 amide bonds. The average molecular weight is 272 g/mol. The van der Waals surface area contributed by atoms with Crippen LogP contribution in [0.25, 0.3) is 0 Å². The van der Waals surface area contributed by atoms with Gasteiger partial charge in [0.25, 0.3) is 5.91 Å². The fourth-order valence-corrected chi connectivity index (χ4v) is 1.73. The lowest BCUT2D eigenvalue weighted by Gasteiger charge is -2.06. The summed E-state index contributed by atoms with van der Waals surface area (Å²) in [5.41, 5.74) is 5.86. The molecule has 2 aromatic rings. The second-order valence-electron chi connectivity index (χ2n) is 4.04. The van der Waals surface area contributed by atoms with Crippen molar-refractivity contribution in [3.63, 3.8) is 0 Å². The summed E-state index contributed by atoms with van der Waals surface area (Å²) in [6.45, 7) is 0.235. The van der Waals surface area contributed by atoms with Crippen LogP contribution in [0.3, 0.4) is 0 Å². The highest BCUT2D eigenvalue weighted by Crippen LogP contribution is 2.25. The van der Waals surface area contributed by atoms with E-state index in [-0.39, 0.29) is 23.5 Å². The second-order valence-corrected chi connectivity index (χ2v) is 4.04. The number of nitro benzene ring substituents is 1. The lowest BCUT2D eigenvalue weighted by Crippen LogP contribution is -2.24. The van der Waals surface area contributed by atoms with Crippen molar-refractivity contribution in [2.75, 3.05) is 5.73 Å². The van der Waals surface area contributed by atoms with E-state index >= 15 is 0 Å². The molecule has 1 aromatic heterocycles. The van der Waals surface area contributed by atoms with Crippen LogP contribution in [0.15, 0.2) is 42.7 Å². The van der Waals surface area contributed by atoms with E-state index in [1.165, 1.54) is 18.2 Å². The number of para-hydroxylation sites is 1. The van der Waals surface area contributed by atoms with Gasteiger partial charge in [0.1, 0.15) is 11.3 Å². The van der Waals surface area contributed by atoms with Gasteiger partial charge in [-0.1, -0.05) is 12.1 Å². The maximum Gasteiger partial charge on any atom is 0.304 e. The molecule has 7 nitrogen and oxygen atoms in total. The number of nitrogens with two attached hydrogens (primary N) is 1. The van der Waals surface area contributed by atoms with E-state index in [1.54, 1.807) is 24.5 Å². The molecule has 2 rings (SSSR count). The van der Waals surface area contributed by atoms with Crippen LogP contribution < -0.4 is 11.1 Å². The Kier molecular flexibility index (Phi) is 3.90. The van der Waals surface area contributed by atoms with Gasteiger partial charge in [0.05, 0.1) is 4.92 Å². The first kappa shape index (κ1) is 13.5. The zero-order valence-electron chi connectivity index (χ0n) is 10.4. The molecule has 20 heavy (non-hydrogen) atoms. The van der Waals surface area contributed by atoms with E-state index in [1.807, 2.05) is 0 Å². The fraction of sp³-hybridized carbons (Fsp3) is 0.0769. The molecular weight excluding hydrogens is 260 g/mol. The van der Waals surface area contributed by atoms with E-state index in [0.29, 0.717) is 0 Å². The molecular formula is C13H12N4O3. The lowest BCUT2D eigenvalue weighted by atomic mass is 10.1. The molecule has 0 bridgehead atoms. The lowest BCUT2D eigenvalue weighted by molar-refractivity contribution is -0.384. The van der Waals surface area contributed by atoms with Gasteiger partial charge < -0.3 is 11.1 Å². The summed E-state index contributed by atoms with van der Waals surface area (Å²) >= 11 is 0. The topological polar surface area (TPSA) is 111 Å². The van der Waals surface area contributed by atoms with Crippen LogP contribution in [0.4, 0.5) is 11.4 Å². The molecule has 0 aliphatic heterocycles. The Balaban J connectivity index is 2.18. The van der Waals surface area contributed by atoms with Gasteiger partial charge in [-0.25, -0.2) is 0 Å². The number of hydrogen-bond donors (Lipinski definition) is 2. The SMILES string of the molecule is Nc1cccc(C(=O)NCc2cccnc2)c1[N+](=O)[O-]. The van der Waals surface area contributed by atoms with Crippen LogP contribution >= 0.6 is 0 Å².